The Morgan fingerprint density at radius 3 is 2.53 bits per heavy atom. The molecule has 2 aromatic heterocycles. The molecule has 0 bridgehead atoms. The van der Waals surface area contributed by atoms with Crippen LogP contribution in [0.25, 0.3) is 0 Å². The van der Waals surface area contributed by atoms with E-state index in [9.17, 15) is 13.2 Å². The molecule has 19 heavy (non-hydrogen) atoms. The zero-order valence-corrected chi connectivity index (χ0v) is 11.2. The molecule has 0 spiro atoms. The third kappa shape index (κ3) is 3.44. The second-order valence-electron chi connectivity index (χ2n) is 4.14. The van der Waals surface area contributed by atoms with Crippen LogP contribution >= 0.6 is 11.3 Å². The Balaban J connectivity index is 2.09. The summed E-state index contributed by atoms with van der Waals surface area (Å²) in [7, 11) is 1.77. The van der Waals surface area contributed by atoms with Crippen LogP contribution in [0.3, 0.4) is 0 Å². The van der Waals surface area contributed by atoms with Crippen LogP contribution in [-0.4, -0.2) is 17.0 Å². The van der Waals surface area contributed by atoms with Gasteiger partial charge in [-0.2, -0.15) is 13.2 Å². The fourth-order valence-corrected chi connectivity index (χ4v) is 2.36. The minimum absolute atomic E-state index is 0.487. The van der Waals surface area contributed by atoms with Crippen LogP contribution in [0.1, 0.15) is 16.3 Å². The van der Waals surface area contributed by atoms with Gasteiger partial charge in [0.25, 0.3) is 0 Å². The fourth-order valence-electron chi connectivity index (χ4n) is 1.54. The lowest BCUT2D eigenvalue weighted by atomic mass is 10.3. The third-order valence-electron chi connectivity index (χ3n) is 2.51. The van der Waals surface area contributed by atoms with E-state index in [4.69, 9.17) is 0 Å². The van der Waals surface area contributed by atoms with Crippen LogP contribution in [0.15, 0.2) is 23.7 Å². The molecule has 7 heteroatoms. The van der Waals surface area contributed by atoms with Crippen LogP contribution < -0.4 is 4.90 Å². The molecule has 2 heterocycles. The number of alkyl halides is 3. The number of rotatable bonds is 3. The summed E-state index contributed by atoms with van der Waals surface area (Å²) < 4.78 is 37.2. The molecule has 0 atom stereocenters. The highest BCUT2D eigenvalue weighted by Gasteiger charge is 2.30. The first kappa shape index (κ1) is 13.8. The second-order valence-corrected chi connectivity index (χ2v) is 5.08. The lowest BCUT2D eigenvalue weighted by Gasteiger charge is -2.17. The SMILES string of the molecule is Cc1csc(CN(C)c2ccc(C(F)(F)F)cn2)n1. The predicted octanol–water partition coefficient (Wildman–Crippen LogP) is 3.50. The van der Waals surface area contributed by atoms with E-state index in [-0.39, 0.29) is 0 Å². The number of hydrogen-bond acceptors (Lipinski definition) is 4. The fraction of sp³-hybridized carbons (Fsp3) is 0.333. The van der Waals surface area contributed by atoms with Crippen molar-refractivity contribution in [3.63, 3.8) is 0 Å². The molecule has 0 saturated heterocycles. The zero-order chi connectivity index (χ0) is 14.0. The summed E-state index contributed by atoms with van der Waals surface area (Å²) in [5.74, 6) is 0.487. The number of anilines is 1. The second kappa shape index (κ2) is 5.16. The van der Waals surface area contributed by atoms with Crippen LogP contribution in [0.2, 0.25) is 0 Å². The molecule has 2 aromatic rings. The molecule has 0 saturated carbocycles. The Hall–Kier alpha value is -1.63. The summed E-state index contributed by atoms with van der Waals surface area (Å²) in [5.41, 5.74) is 0.198. The predicted molar refractivity (Wildman–Crippen MR) is 68.2 cm³/mol. The van der Waals surface area contributed by atoms with Gasteiger partial charge in [-0.25, -0.2) is 9.97 Å². The van der Waals surface area contributed by atoms with Gasteiger partial charge in [0.2, 0.25) is 0 Å². The van der Waals surface area contributed by atoms with Crippen molar-refractivity contribution in [2.75, 3.05) is 11.9 Å². The first-order valence-corrected chi connectivity index (χ1v) is 6.39. The molecule has 0 N–H and O–H groups in total. The molecule has 0 unspecified atom stereocenters. The van der Waals surface area contributed by atoms with E-state index >= 15 is 0 Å². The van der Waals surface area contributed by atoms with Crippen molar-refractivity contribution in [3.8, 4) is 0 Å². The van der Waals surface area contributed by atoms with E-state index in [1.807, 2.05) is 12.3 Å². The van der Waals surface area contributed by atoms with Crippen molar-refractivity contribution in [1.29, 1.82) is 0 Å². The maximum Gasteiger partial charge on any atom is 0.417 e. The summed E-state index contributed by atoms with van der Waals surface area (Å²) in [5, 5.41) is 2.84. The highest BCUT2D eigenvalue weighted by atomic mass is 32.1. The monoisotopic (exact) mass is 287 g/mol. The van der Waals surface area contributed by atoms with Crippen LogP contribution in [0.5, 0.6) is 0 Å². The molecule has 0 amide bonds. The number of hydrogen-bond donors (Lipinski definition) is 0. The van der Waals surface area contributed by atoms with E-state index in [0.717, 1.165) is 23.0 Å². The number of thiazole rings is 1. The van der Waals surface area contributed by atoms with Gasteiger partial charge in [0.1, 0.15) is 10.8 Å². The van der Waals surface area contributed by atoms with Gasteiger partial charge in [0.15, 0.2) is 0 Å². The molecule has 0 radical (unpaired) electrons. The quantitative estimate of drug-likeness (QED) is 0.865. The number of aromatic nitrogens is 2. The molecule has 3 nitrogen and oxygen atoms in total. The Bertz CT molecular complexity index is 548. The minimum atomic E-state index is -4.35. The summed E-state index contributed by atoms with van der Waals surface area (Å²) in [4.78, 5) is 9.90. The molecular formula is C12H12F3N3S. The third-order valence-corrected chi connectivity index (χ3v) is 3.46. The van der Waals surface area contributed by atoms with Crippen LogP contribution in [-0.2, 0) is 12.7 Å². The van der Waals surface area contributed by atoms with Gasteiger partial charge in [-0.1, -0.05) is 0 Å². The van der Waals surface area contributed by atoms with Gasteiger partial charge in [-0.3, -0.25) is 0 Å². The Morgan fingerprint density at radius 1 is 1.32 bits per heavy atom. The first-order valence-electron chi connectivity index (χ1n) is 5.51. The topological polar surface area (TPSA) is 29.0 Å². The molecule has 0 aliphatic heterocycles. The van der Waals surface area contributed by atoms with Gasteiger partial charge in [0, 0.05) is 24.3 Å². The number of pyridine rings is 1. The van der Waals surface area contributed by atoms with Crippen molar-refractivity contribution in [3.05, 3.63) is 40.0 Å². The molecule has 102 valence electrons. The Kier molecular flexibility index (Phi) is 3.75. The maximum atomic E-state index is 12.4. The van der Waals surface area contributed by atoms with Gasteiger partial charge in [-0.05, 0) is 19.1 Å². The largest absolute Gasteiger partial charge is 0.417 e. The minimum Gasteiger partial charge on any atom is -0.353 e. The van der Waals surface area contributed by atoms with Crippen molar-refractivity contribution < 1.29 is 13.2 Å². The van der Waals surface area contributed by atoms with E-state index in [0.29, 0.717) is 12.4 Å². The molecule has 0 aliphatic rings. The molecule has 0 aliphatic carbocycles. The lowest BCUT2D eigenvalue weighted by Crippen LogP contribution is -2.18. The van der Waals surface area contributed by atoms with Gasteiger partial charge in [0.05, 0.1) is 12.1 Å². The highest BCUT2D eigenvalue weighted by Crippen LogP contribution is 2.29. The summed E-state index contributed by atoms with van der Waals surface area (Å²) in [6, 6.07) is 2.40. The smallest absolute Gasteiger partial charge is 0.353 e. The lowest BCUT2D eigenvalue weighted by molar-refractivity contribution is -0.137. The standard InChI is InChI=1S/C12H12F3N3S/c1-8-7-19-11(17-8)6-18(2)10-4-3-9(5-16-10)12(13,14)15/h3-5,7H,6H2,1-2H3. The summed E-state index contributed by atoms with van der Waals surface area (Å²) in [6.45, 7) is 2.42. The van der Waals surface area contributed by atoms with Crippen LogP contribution in [0.4, 0.5) is 19.0 Å². The highest BCUT2D eigenvalue weighted by molar-refractivity contribution is 7.09. The average molecular weight is 287 g/mol. The van der Waals surface area contributed by atoms with E-state index in [1.54, 1.807) is 11.9 Å². The van der Waals surface area contributed by atoms with Gasteiger partial charge < -0.3 is 4.90 Å². The van der Waals surface area contributed by atoms with Crippen molar-refractivity contribution in [2.24, 2.45) is 0 Å². The molecule has 0 fully saturated rings. The Labute approximate surface area is 112 Å². The average Bonchev–Trinajstić information content (AvgIpc) is 2.74. The normalized spacial score (nSPS) is 11.6. The number of aryl methyl sites for hydroxylation is 1. The number of nitrogens with zero attached hydrogens (tertiary/aromatic N) is 3. The molecule has 0 aromatic carbocycles. The summed E-state index contributed by atoms with van der Waals surface area (Å²) in [6.07, 6.45) is -3.50. The van der Waals surface area contributed by atoms with Crippen molar-refractivity contribution in [1.82, 2.24) is 9.97 Å². The van der Waals surface area contributed by atoms with Crippen molar-refractivity contribution in [2.45, 2.75) is 19.6 Å². The van der Waals surface area contributed by atoms with Gasteiger partial charge in [-0.15, -0.1) is 11.3 Å². The molecule has 2 rings (SSSR count). The van der Waals surface area contributed by atoms with E-state index < -0.39 is 11.7 Å². The van der Waals surface area contributed by atoms with Crippen LogP contribution in [0, 0.1) is 6.92 Å². The zero-order valence-electron chi connectivity index (χ0n) is 10.4. The van der Waals surface area contributed by atoms with E-state index in [1.165, 1.54) is 17.4 Å². The Morgan fingerprint density at radius 2 is 2.05 bits per heavy atom. The summed E-state index contributed by atoms with van der Waals surface area (Å²) >= 11 is 1.52. The number of halogens is 3. The van der Waals surface area contributed by atoms with Gasteiger partial charge >= 0.3 is 6.18 Å². The van der Waals surface area contributed by atoms with E-state index in [2.05, 4.69) is 9.97 Å². The first-order chi connectivity index (χ1) is 8.86. The maximum absolute atomic E-state index is 12.4. The molecular weight excluding hydrogens is 275 g/mol. The van der Waals surface area contributed by atoms with Crippen molar-refractivity contribution >= 4 is 17.2 Å².